The van der Waals surface area contributed by atoms with Crippen LogP contribution < -0.4 is 5.32 Å². The summed E-state index contributed by atoms with van der Waals surface area (Å²) in [6.45, 7) is 0.597. The fourth-order valence-electron chi connectivity index (χ4n) is 1.62. The molecule has 0 heterocycles. The number of anilines is 1. The molecule has 0 aliphatic rings. The molecule has 7 heteroatoms. The van der Waals surface area contributed by atoms with Gasteiger partial charge in [-0.05, 0) is 61.7 Å². The van der Waals surface area contributed by atoms with E-state index in [1.165, 1.54) is 6.07 Å². The first kappa shape index (κ1) is 15.3. The Hall–Kier alpha value is -1.11. The minimum atomic E-state index is -0.426. The first-order valence-corrected chi connectivity index (χ1v) is 7.55. The predicted octanol–water partition coefficient (Wildman–Crippen LogP) is 5.39. The van der Waals surface area contributed by atoms with Crippen molar-refractivity contribution in [1.82, 2.24) is 0 Å². The third kappa shape index (κ3) is 3.71. The topological polar surface area (TPSA) is 55.2 Å². The minimum absolute atomic E-state index is 0.0461. The number of halogens is 3. The Morgan fingerprint density at radius 3 is 2.50 bits per heavy atom. The zero-order valence-electron chi connectivity index (χ0n) is 10.1. The predicted molar refractivity (Wildman–Crippen MR) is 87.3 cm³/mol. The average molecular weight is 420 g/mol. The zero-order chi connectivity index (χ0) is 14.7. The van der Waals surface area contributed by atoms with Crippen molar-refractivity contribution in [2.24, 2.45) is 0 Å². The Labute approximate surface area is 137 Å². The Balaban J connectivity index is 2.09. The second-order valence-corrected chi connectivity index (χ2v) is 6.14. The summed E-state index contributed by atoms with van der Waals surface area (Å²) in [7, 11) is 0. The van der Waals surface area contributed by atoms with Crippen LogP contribution in [0.15, 0.2) is 45.3 Å². The summed E-state index contributed by atoms with van der Waals surface area (Å²) in [5, 5.41) is 14.6. The lowest BCUT2D eigenvalue weighted by molar-refractivity contribution is -0.385. The molecule has 0 bridgehead atoms. The largest absolute Gasteiger partial charge is 0.381 e. The standard InChI is InChI=1S/C13H9Br2ClN2O2/c14-10-5-8(1-3-12(10)16)7-17-9-2-4-13(18(19)20)11(15)6-9/h1-6,17H,7H2. The van der Waals surface area contributed by atoms with Gasteiger partial charge in [0.15, 0.2) is 0 Å². The molecule has 0 aromatic heterocycles. The highest BCUT2D eigenvalue weighted by atomic mass is 79.9. The Kier molecular flexibility index (Phi) is 5.01. The normalized spacial score (nSPS) is 10.3. The lowest BCUT2D eigenvalue weighted by Gasteiger charge is -2.08. The van der Waals surface area contributed by atoms with Gasteiger partial charge in [0.05, 0.1) is 14.4 Å². The Bertz CT molecular complexity index is 665. The van der Waals surface area contributed by atoms with Crippen LogP contribution in [0.4, 0.5) is 11.4 Å². The van der Waals surface area contributed by atoms with Crippen molar-refractivity contribution in [3.05, 3.63) is 66.0 Å². The molecule has 0 fully saturated rings. The summed E-state index contributed by atoms with van der Waals surface area (Å²) in [4.78, 5) is 10.3. The van der Waals surface area contributed by atoms with E-state index in [1.54, 1.807) is 12.1 Å². The number of nitro benzene ring substituents is 1. The lowest BCUT2D eigenvalue weighted by Crippen LogP contribution is -2.00. The highest BCUT2D eigenvalue weighted by molar-refractivity contribution is 9.11. The van der Waals surface area contributed by atoms with E-state index in [0.29, 0.717) is 16.0 Å². The van der Waals surface area contributed by atoms with Crippen molar-refractivity contribution in [3.8, 4) is 0 Å². The number of rotatable bonds is 4. The van der Waals surface area contributed by atoms with E-state index in [0.717, 1.165) is 15.7 Å². The van der Waals surface area contributed by atoms with Gasteiger partial charge in [-0.3, -0.25) is 10.1 Å². The van der Waals surface area contributed by atoms with Crippen LogP contribution in [0.1, 0.15) is 5.56 Å². The summed E-state index contributed by atoms with van der Waals surface area (Å²) in [5.41, 5.74) is 1.90. The molecule has 1 N–H and O–H groups in total. The molecule has 20 heavy (non-hydrogen) atoms. The second-order valence-electron chi connectivity index (χ2n) is 4.03. The molecule has 0 atom stereocenters. The van der Waals surface area contributed by atoms with Crippen molar-refractivity contribution >= 4 is 54.8 Å². The third-order valence-corrected chi connectivity index (χ3v) is 4.47. The highest BCUT2D eigenvalue weighted by Crippen LogP contribution is 2.28. The Morgan fingerprint density at radius 2 is 1.90 bits per heavy atom. The third-order valence-electron chi connectivity index (χ3n) is 2.63. The molecule has 2 aromatic rings. The van der Waals surface area contributed by atoms with Crippen LogP contribution in [0.3, 0.4) is 0 Å². The minimum Gasteiger partial charge on any atom is -0.381 e. The summed E-state index contributed by atoms with van der Waals surface area (Å²) in [5.74, 6) is 0. The number of nitro groups is 1. The van der Waals surface area contributed by atoms with Crippen molar-refractivity contribution < 1.29 is 4.92 Å². The molecular formula is C13H9Br2ClN2O2. The number of nitrogens with zero attached hydrogens (tertiary/aromatic N) is 1. The van der Waals surface area contributed by atoms with E-state index < -0.39 is 4.92 Å². The van der Waals surface area contributed by atoms with Crippen LogP contribution in [0.2, 0.25) is 5.02 Å². The maximum absolute atomic E-state index is 10.7. The number of benzene rings is 2. The Morgan fingerprint density at radius 1 is 1.15 bits per heavy atom. The molecule has 2 rings (SSSR count). The van der Waals surface area contributed by atoms with Crippen LogP contribution >= 0.6 is 43.5 Å². The summed E-state index contributed by atoms with van der Waals surface area (Å²) >= 11 is 12.5. The van der Waals surface area contributed by atoms with Gasteiger partial charge in [-0.2, -0.15) is 0 Å². The van der Waals surface area contributed by atoms with Gasteiger partial charge in [0.2, 0.25) is 0 Å². The van der Waals surface area contributed by atoms with Gasteiger partial charge in [0.1, 0.15) is 0 Å². The van der Waals surface area contributed by atoms with Gasteiger partial charge in [0.25, 0.3) is 5.69 Å². The van der Waals surface area contributed by atoms with E-state index >= 15 is 0 Å². The molecular weight excluding hydrogens is 411 g/mol. The first-order chi connectivity index (χ1) is 9.47. The maximum Gasteiger partial charge on any atom is 0.283 e. The number of hydrogen-bond donors (Lipinski definition) is 1. The van der Waals surface area contributed by atoms with Crippen molar-refractivity contribution in [2.45, 2.75) is 6.54 Å². The molecule has 0 saturated carbocycles. The molecule has 0 aliphatic carbocycles. The molecule has 0 radical (unpaired) electrons. The van der Waals surface area contributed by atoms with Crippen LogP contribution in [0.5, 0.6) is 0 Å². The SMILES string of the molecule is O=[N+]([O-])c1ccc(NCc2ccc(Cl)c(Br)c2)cc1Br. The van der Waals surface area contributed by atoms with E-state index in [1.807, 2.05) is 18.2 Å². The number of nitrogens with one attached hydrogen (secondary N) is 1. The smallest absolute Gasteiger partial charge is 0.283 e. The molecule has 0 aliphatic heterocycles. The van der Waals surface area contributed by atoms with Crippen molar-refractivity contribution in [2.75, 3.05) is 5.32 Å². The average Bonchev–Trinajstić information content (AvgIpc) is 2.40. The van der Waals surface area contributed by atoms with Gasteiger partial charge in [-0.1, -0.05) is 17.7 Å². The fraction of sp³-hybridized carbons (Fsp3) is 0.0769. The monoisotopic (exact) mass is 418 g/mol. The molecule has 0 saturated heterocycles. The first-order valence-electron chi connectivity index (χ1n) is 5.59. The van der Waals surface area contributed by atoms with E-state index in [4.69, 9.17) is 11.6 Å². The molecule has 4 nitrogen and oxygen atoms in total. The molecule has 0 amide bonds. The van der Waals surface area contributed by atoms with E-state index in [9.17, 15) is 10.1 Å². The van der Waals surface area contributed by atoms with Crippen LogP contribution in [-0.2, 0) is 6.54 Å². The second kappa shape index (κ2) is 6.56. The van der Waals surface area contributed by atoms with Gasteiger partial charge in [-0.25, -0.2) is 0 Å². The van der Waals surface area contributed by atoms with E-state index in [-0.39, 0.29) is 5.69 Å². The van der Waals surface area contributed by atoms with Crippen molar-refractivity contribution in [1.29, 1.82) is 0 Å². The molecule has 104 valence electrons. The van der Waals surface area contributed by atoms with Crippen molar-refractivity contribution in [3.63, 3.8) is 0 Å². The summed E-state index contributed by atoms with van der Waals surface area (Å²) in [6, 6.07) is 10.5. The van der Waals surface area contributed by atoms with Crippen LogP contribution in [-0.4, -0.2) is 4.92 Å². The number of hydrogen-bond acceptors (Lipinski definition) is 3. The summed E-state index contributed by atoms with van der Waals surface area (Å²) < 4.78 is 1.29. The van der Waals surface area contributed by atoms with E-state index in [2.05, 4.69) is 37.2 Å². The molecule has 0 unspecified atom stereocenters. The fourth-order valence-corrected chi connectivity index (χ4v) is 2.69. The van der Waals surface area contributed by atoms with Crippen LogP contribution in [0, 0.1) is 10.1 Å². The summed E-state index contributed by atoms with van der Waals surface area (Å²) in [6.07, 6.45) is 0. The van der Waals surface area contributed by atoms with Crippen LogP contribution in [0.25, 0.3) is 0 Å². The quantitative estimate of drug-likeness (QED) is 0.533. The van der Waals surface area contributed by atoms with Gasteiger partial charge in [0, 0.05) is 22.8 Å². The van der Waals surface area contributed by atoms with Gasteiger partial charge in [-0.15, -0.1) is 0 Å². The molecule has 2 aromatic carbocycles. The van der Waals surface area contributed by atoms with Gasteiger partial charge >= 0.3 is 0 Å². The van der Waals surface area contributed by atoms with Gasteiger partial charge < -0.3 is 5.32 Å². The molecule has 0 spiro atoms. The lowest BCUT2D eigenvalue weighted by atomic mass is 10.2. The maximum atomic E-state index is 10.7. The highest BCUT2D eigenvalue weighted by Gasteiger charge is 2.11. The zero-order valence-corrected chi connectivity index (χ0v) is 14.0.